The van der Waals surface area contributed by atoms with Gasteiger partial charge in [0.2, 0.25) is 11.8 Å². The Morgan fingerprint density at radius 1 is 1.25 bits per heavy atom. The van der Waals surface area contributed by atoms with Gasteiger partial charge < -0.3 is 14.5 Å². The maximum Gasteiger partial charge on any atom is 0.416 e. The summed E-state index contributed by atoms with van der Waals surface area (Å²) in [6.45, 7) is 1.69. The summed E-state index contributed by atoms with van der Waals surface area (Å²) in [4.78, 5) is 27.2. The lowest BCUT2D eigenvalue weighted by molar-refractivity contribution is -0.156. The summed E-state index contributed by atoms with van der Waals surface area (Å²) in [7, 11) is 1.49. The van der Waals surface area contributed by atoms with Gasteiger partial charge in [-0.05, 0) is 18.6 Å². The number of carbonyl (C=O) groups is 2. The minimum atomic E-state index is -4.51. The van der Waals surface area contributed by atoms with Gasteiger partial charge in [0, 0.05) is 20.2 Å². The molecule has 8 heteroatoms. The van der Waals surface area contributed by atoms with E-state index in [1.54, 1.807) is 0 Å². The van der Waals surface area contributed by atoms with E-state index in [9.17, 15) is 22.8 Å². The zero-order valence-electron chi connectivity index (χ0n) is 13.5. The zero-order chi connectivity index (χ0) is 17.9. The summed E-state index contributed by atoms with van der Waals surface area (Å²) in [5.74, 6) is -0.675. The van der Waals surface area contributed by atoms with Crippen LogP contribution in [0, 0.1) is 0 Å². The molecule has 0 spiro atoms. The van der Waals surface area contributed by atoms with Crippen molar-refractivity contribution in [2.45, 2.75) is 25.7 Å². The van der Waals surface area contributed by atoms with Crippen molar-refractivity contribution in [2.75, 3.05) is 26.8 Å². The minimum Gasteiger partial charge on any atom is -0.383 e. The molecule has 1 aromatic carbocycles. The van der Waals surface area contributed by atoms with Crippen molar-refractivity contribution in [1.29, 1.82) is 0 Å². The van der Waals surface area contributed by atoms with Crippen molar-refractivity contribution in [1.82, 2.24) is 9.80 Å². The van der Waals surface area contributed by atoms with E-state index in [0.29, 0.717) is 6.61 Å². The zero-order valence-corrected chi connectivity index (χ0v) is 13.5. The third kappa shape index (κ3) is 3.87. The van der Waals surface area contributed by atoms with Crippen LogP contribution < -0.4 is 0 Å². The minimum absolute atomic E-state index is 0.0247. The number of ether oxygens (including phenoxy) is 1. The average Bonchev–Trinajstić information content (AvgIpc) is 2.53. The van der Waals surface area contributed by atoms with Crippen LogP contribution in [0.2, 0.25) is 0 Å². The number of amides is 2. The SMILES string of the molecule is COCCN1CC(=O)N(Cc2ccccc2C(F)(F)F)[C@@H](C)C1=O. The lowest BCUT2D eigenvalue weighted by Gasteiger charge is -2.39. The Morgan fingerprint density at radius 3 is 2.54 bits per heavy atom. The molecule has 1 aliphatic heterocycles. The van der Waals surface area contributed by atoms with Gasteiger partial charge in [-0.15, -0.1) is 0 Å². The number of nitrogens with zero attached hydrogens (tertiary/aromatic N) is 2. The summed E-state index contributed by atoms with van der Waals surface area (Å²) < 4.78 is 44.1. The maximum absolute atomic E-state index is 13.1. The molecule has 0 radical (unpaired) electrons. The van der Waals surface area contributed by atoms with E-state index in [0.717, 1.165) is 6.07 Å². The highest BCUT2D eigenvalue weighted by Gasteiger charge is 2.38. The van der Waals surface area contributed by atoms with Gasteiger partial charge in [-0.3, -0.25) is 9.59 Å². The number of alkyl halides is 3. The summed E-state index contributed by atoms with van der Waals surface area (Å²) in [5, 5.41) is 0. The molecule has 5 nitrogen and oxygen atoms in total. The van der Waals surface area contributed by atoms with E-state index in [1.165, 1.54) is 42.0 Å². The number of methoxy groups -OCH3 is 1. The normalized spacial score (nSPS) is 19.1. The quantitative estimate of drug-likeness (QED) is 0.820. The van der Waals surface area contributed by atoms with E-state index >= 15 is 0 Å². The average molecular weight is 344 g/mol. The van der Waals surface area contributed by atoms with Gasteiger partial charge in [0.05, 0.1) is 18.7 Å². The molecular formula is C16H19F3N2O3. The Bertz CT molecular complexity index is 619. The number of benzene rings is 1. The fraction of sp³-hybridized carbons (Fsp3) is 0.500. The predicted molar refractivity (Wildman–Crippen MR) is 79.9 cm³/mol. The Kier molecular flexibility index (Phi) is 5.48. The smallest absolute Gasteiger partial charge is 0.383 e. The standard InChI is InChI=1S/C16H19F3N2O3/c1-11-15(23)20(7-8-24-2)10-14(22)21(11)9-12-5-3-4-6-13(12)16(17,18)19/h3-6,11H,7-10H2,1-2H3/t11-/m0/s1. The second-order valence-corrected chi connectivity index (χ2v) is 5.61. The van der Waals surface area contributed by atoms with Crippen LogP contribution >= 0.6 is 0 Å². The van der Waals surface area contributed by atoms with Crippen molar-refractivity contribution in [2.24, 2.45) is 0 Å². The molecule has 0 bridgehead atoms. The van der Waals surface area contributed by atoms with Crippen LogP contribution in [0.1, 0.15) is 18.1 Å². The molecule has 132 valence electrons. The van der Waals surface area contributed by atoms with Crippen molar-refractivity contribution in [3.05, 3.63) is 35.4 Å². The van der Waals surface area contributed by atoms with E-state index in [2.05, 4.69) is 0 Å². The third-order valence-electron chi connectivity index (χ3n) is 4.01. The third-order valence-corrected chi connectivity index (χ3v) is 4.01. The molecule has 2 amide bonds. The molecule has 24 heavy (non-hydrogen) atoms. The van der Waals surface area contributed by atoms with Crippen molar-refractivity contribution < 1.29 is 27.5 Å². The first-order chi connectivity index (χ1) is 11.3. The lowest BCUT2D eigenvalue weighted by Crippen LogP contribution is -2.58. The highest BCUT2D eigenvalue weighted by atomic mass is 19.4. The van der Waals surface area contributed by atoms with E-state index < -0.39 is 17.8 Å². The molecular weight excluding hydrogens is 325 g/mol. The molecule has 1 heterocycles. The molecule has 1 fully saturated rings. The topological polar surface area (TPSA) is 49.9 Å². The summed E-state index contributed by atoms with van der Waals surface area (Å²) in [6, 6.07) is 4.26. The highest BCUT2D eigenvalue weighted by molar-refractivity contribution is 5.94. The van der Waals surface area contributed by atoms with Gasteiger partial charge in [-0.2, -0.15) is 13.2 Å². The van der Waals surface area contributed by atoms with Gasteiger partial charge in [-0.1, -0.05) is 18.2 Å². The first kappa shape index (κ1) is 18.3. The van der Waals surface area contributed by atoms with Crippen molar-refractivity contribution in [3.63, 3.8) is 0 Å². The Hall–Kier alpha value is -2.09. The van der Waals surface area contributed by atoms with E-state index in [4.69, 9.17) is 4.74 Å². The first-order valence-electron chi connectivity index (χ1n) is 7.48. The Balaban J connectivity index is 2.20. The lowest BCUT2D eigenvalue weighted by atomic mass is 10.0. The second-order valence-electron chi connectivity index (χ2n) is 5.61. The van der Waals surface area contributed by atoms with Crippen LogP contribution in [-0.4, -0.2) is 54.5 Å². The van der Waals surface area contributed by atoms with Gasteiger partial charge in [0.15, 0.2) is 0 Å². The monoisotopic (exact) mass is 344 g/mol. The Labute approximate surface area is 138 Å². The van der Waals surface area contributed by atoms with Crippen LogP contribution in [0.15, 0.2) is 24.3 Å². The van der Waals surface area contributed by atoms with Gasteiger partial charge in [-0.25, -0.2) is 0 Å². The number of rotatable bonds is 5. The first-order valence-corrected chi connectivity index (χ1v) is 7.48. The van der Waals surface area contributed by atoms with Crippen LogP contribution in [0.5, 0.6) is 0 Å². The largest absolute Gasteiger partial charge is 0.416 e. The number of hydrogen-bond acceptors (Lipinski definition) is 3. The van der Waals surface area contributed by atoms with Gasteiger partial charge in [0.25, 0.3) is 0 Å². The molecule has 0 saturated carbocycles. The molecule has 1 saturated heterocycles. The van der Waals surface area contributed by atoms with E-state index in [-0.39, 0.29) is 37.0 Å². The molecule has 0 aromatic heterocycles. The summed E-state index contributed by atoms with van der Waals surface area (Å²) >= 11 is 0. The molecule has 1 aromatic rings. The van der Waals surface area contributed by atoms with Gasteiger partial charge >= 0.3 is 6.18 Å². The van der Waals surface area contributed by atoms with Crippen LogP contribution in [0.25, 0.3) is 0 Å². The second kappa shape index (κ2) is 7.21. The fourth-order valence-corrected chi connectivity index (χ4v) is 2.68. The number of halogens is 3. The maximum atomic E-state index is 13.1. The molecule has 0 aliphatic carbocycles. The van der Waals surface area contributed by atoms with Crippen LogP contribution in [-0.2, 0) is 27.0 Å². The number of piperazine rings is 1. The van der Waals surface area contributed by atoms with Crippen LogP contribution in [0.4, 0.5) is 13.2 Å². The molecule has 0 N–H and O–H groups in total. The van der Waals surface area contributed by atoms with E-state index in [1.807, 2.05) is 0 Å². The molecule has 2 rings (SSSR count). The molecule has 1 atom stereocenters. The number of carbonyl (C=O) groups excluding carboxylic acids is 2. The predicted octanol–water partition coefficient (Wildman–Crippen LogP) is 1.91. The van der Waals surface area contributed by atoms with Crippen molar-refractivity contribution >= 4 is 11.8 Å². The fourth-order valence-electron chi connectivity index (χ4n) is 2.68. The van der Waals surface area contributed by atoms with Crippen LogP contribution in [0.3, 0.4) is 0 Å². The summed E-state index contributed by atoms with van der Waals surface area (Å²) in [5.41, 5.74) is -0.817. The highest BCUT2D eigenvalue weighted by Crippen LogP contribution is 2.33. The summed E-state index contributed by atoms with van der Waals surface area (Å²) in [6.07, 6.45) is -4.51. The number of hydrogen-bond donors (Lipinski definition) is 0. The Morgan fingerprint density at radius 2 is 1.92 bits per heavy atom. The van der Waals surface area contributed by atoms with Crippen molar-refractivity contribution in [3.8, 4) is 0 Å². The van der Waals surface area contributed by atoms with Gasteiger partial charge in [0.1, 0.15) is 6.04 Å². The molecule has 0 unspecified atom stereocenters. The molecule has 1 aliphatic rings.